The summed E-state index contributed by atoms with van der Waals surface area (Å²) in [6, 6.07) is 7.01. The van der Waals surface area contributed by atoms with Crippen LogP contribution in [0.15, 0.2) is 18.2 Å². The molecule has 0 amide bonds. The fraction of sp³-hybridized carbons (Fsp3) is 0.684. The molecule has 1 unspecified atom stereocenters. The van der Waals surface area contributed by atoms with Crippen LogP contribution in [-0.4, -0.2) is 13.1 Å². The van der Waals surface area contributed by atoms with Gasteiger partial charge in [-0.15, -0.1) is 0 Å². The molecule has 20 heavy (non-hydrogen) atoms. The van der Waals surface area contributed by atoms with Crippen LogP contribution in [0.2, 0.25) is 0 Å². The van der Waals surface area contributed by atoms with Crippen LogP contribution in [0, 0.1) is 19.3 Å². The van der Waals surface area contributed by atoms with Gasteiger partial charge >= 0.3 is 0 Å². The Balaban J connectivity index is 2.90. The largest absolute Gasteiger partial charge is 0.316 e. The molecule has 1 atom stereocenters. The predicted octanol–water partition coefficient (Wildman–Crippen LogP) is 5.04. The monoisotopic (exact) mass is 275 g/mol. The number of hydrogen-bond donors (Lipinski definition) is 1. The molecule has 0 aromatic heterocycles. The van der Waals surface area contributed by atoms with E-state index < -0.39 is 0 Å². The Labute approximate surface area is 126 Å². The summed E-state index contributed by atoms with van der Waals surface area (Å²) >= 11 is 0. The zero-order valence-electron chi connectivity index (χ0n) is 14.2. The molecule has 1 rings (SSSR count). The van der Waals surface area contributed by atoms with E-state index >= 15 is 0 Å². The smallest absolute Gasteiger partial charge is 0.00108 e. The first kappa shape index (κ1) is 17.2. The van der Waals surface area contributed by atoms with Crippen molar-refractivity contribution in [3.63, 3.8) is 0 Å². The summed E-state index contributed by atoms with van der Waals surface area (Å²) in [5.41, 5.74) is 4.72. The Hall–Kier alpha value is -0.820. The Morgan fingerprint density at radius 3 is 2.15 bits per heavy atom. The Morgan fingerprint density at radius 1 is 1.00 bits per heavy atom. The van der Waals surface area contributed by atoms with Gasteiger partial charge in [0.05, 0.1) is 0 Å². The summed E-state index contributed by atoms with van der Waals surface area (Å²) < 4.78 is 0. The number of aryl methyl sites for hydroxylation is 2. The number of nitrogens with one attached hydrogen (secondary N) is 1. The normalized spacial score (nSPS) is 14.2. The van der Waals surface area contributed by atoms with Crippen LogP contribution >= 0.6 is 0 Å². The van der Waals surface area contributed by atoms with Gasteiger partial charge in [-0.05, 0) is 50.6 Å². The lowest BCUT2D eigenvalue weighted by atomic mass is 9.75. The summed E-state index contributed by atoms with van der Waals surface area (Å²) in [4.78, 5) is 0. The van der Waals surface area contributed by atoms with Crippen molar-refractivity contribution in [1.29, 1.82) is 0 Å². The molecule has 1 aromatic rings. The third-order valence-electron chi connectivity index (χ3n) is 4.42. The van der Waals surface area contributed by atoms with Gasteiger partial charge in [-0.2, -0.15) is 0 Å². The molecule has 0 heterocycles. The van der Waals surface area contributed by atoms with Crippen molar-refractivity contribution in [3.8, 4) is 0 Å². The van der Waals surface area contributed by atoms with Crippen LogP contribution in [0.1, 0.15) is 63.1 Å². The van der Waals surface area contributed by atoms with Gasteiger partial charge in [0.15, 0.2) is 0 Å². The van der Waals surface area contributed by atoms with E-state index in [1.807, 2.05) is 0 Å². The van der Waals surface area contributed by atoms with E-state index in [1.54, 1.807) is 0 Å². The zero-order valence-corrected chi connectivity index (χ0v) is 14.2. The third-order valence-corrected chi connectivity index (χ3v) is 4.42. The second-order valence-corrected chi connectivity index (χ2v) is 6.41. The molecular weight excluding hydrogens is 242 g/mol. The number of benzene rings is 1. The van der Waals surface area contributed by atoms with Crippen molar-refractivity contribution >= 4 is 0 Å². The molecule has 0 aliphatic rings. The van der Waals surface area contributed by atoms with Crippen molar-refractivity contribution in [2.24, 2.45) is 5.41 Å². The van der Waals surface area contributed by atoms with Crippen LogP contribution in [-0.2, 0) is 6.42 Å². The maximum absolute atomic E-state index is 3.60. The molecule has 0 aliphatic carbocycles. The lowest BCUT2D eigenvalue weighted by molar-refractivity contribution is 0.231. The Bertz CT molecular complexity index is 367. The minimum absolute atomic E-state index is 0.423. The Kier molecular flexibility index (Phi) is 7.29. The second kappa shape index (κ2) is 8.46. The molecule has 0 fully saturated rings. The van der Waals surface area contributed by atoms with Crippen LogP contribution < -0.4 is 5.32 Å². The zero-order chi connectivity index (χ0) is 15.0. The molecule has 0 bridgehead atoms. The molecule has 0 radical (unpaired) electrons. The maximum atomic E-state index is 3.60. The summed E-state index contributed by atoms with van der Waals surface area (Å²) in [7, 11) is 0. The molecule has 1 nitrogen and oxygen atoms in total. The number of unbranched alkanes of at least 4 members (excludes halogenated alkanes) is 1. The molecule has 0 saturated heterocycles. The van der Waals surface area contributed by atoms with E-state index in [0.717, 1.165) is 13.1 Å². The maximum Gasteiger partial charge on any atom is 0.00108 e. The van der Waals surface area contributed by atoms with E-state index in [2.05, 4.69) is 58.1 Å². The lowest BCUT2D eigenvalue weighted by Crippen LogP contribution is -2.36. The minimum atomic E-state index is 0.423. The van der Waals surface area contributed by atoms with E-state index in [-0.39, 0.29) is 0 Å². The lowest BCUT2D eigenvalue weighted by Gasteiger charge is -2.34. The van der Waals surface area contributed by atoms with Crippen molar-refractivity contribution in [2.45, 2.75) is 66.7 Å². The molecule has 1 heteroatoms. The molecule has 0 spiro atoms. The first-order valence-corrected chi connectivity index (χ1v) is 8.33. The average molecular weight is 275 g/mol. The molecule has 1 aromatic carbocycles. The van der Waals surface area contributed by atoms with Crippen LogP contribution in [0.3, 0.4) is 0 Å². The SMILES string of the molecule is CCCCC(CC)(CNCC)Cc1cc(C)cc(C)c1. The van der Waals surface area contributed by atoms with Gasteiger partial charge in [-0.1, -0.05) is 62.9 Å². The van der Waals surface area contributed by atoms with E-state index in [4.69, 9.17) is 0 Å². The topological polar surface area (TPSA) is 12.0 Å². The van der Waals surface area contributed by atoms with Gasteiger partial charge in [0, 0.05) is 6.54 Å². The highest BCUT2D eigenvalue weighted by molar-refractivity contribution is 5.29. The summed E-state index contributed by atoms with van der Waals surface area (Å²) in [5, 5.41) is 3.60. The van der Waals surface area contributed by atoms with Crippen LogP contribution in [0.4, 0.5) is 0 Å². The van der Waals surface area contributed by atoms with Gasteiger partial charge in [0.25, 0.3) is 0 Å². The molecule has 114 valence electrons. The standard InChI is InChI=1S/C19H33N/c1-6-9-10-19(7-2,15-20-8-3)14-18-12-16(4)11-17(5)13-18/h11-13,20H,6-10,14-15H2,1-5H3. The summed E-state index contributed by atoms with van der Waals surface area (Å²) in [6.45, 7) is 13.5. The predicted molar refractivity (Wildman–Crippen MR) is 90.4 cm³/mol. The van der Waals surface area contributed by atoms with Crippen molar-refractivity contribution in [2.75, 3.05) is 13.1 Å². The molecule has 1 N–H and O–H groups in total. The minimum Gasteiger partial charge on any atom is -0.316 e. The first-order chi connectivity index (χ1) is 9.55. The fourth-order valence-electron chi connectivity index (χ4n) is 3.21. The van der Waals surface area contributed by atoms with E-state index in [9.17, 15) is 0 Å². The summed E-state index contributed by atoms with van der Waals surface area (Å²) in [5.74, 6) is 0. The fourth-order valence-corrected chi connectivity index (χ4v) is 3.21. The number of hydrogen-bond acceptors (Lipinski definition) is 1. The van der Waals surface area contributed by atoms with E-state index in [0.29, 0.717) is 5.41 Å². The Morgan fingerprint density at radius 2 is 1.65 bits per heavy atom. The highest BCUT2D eigenvalue weighted by Crippen LogP contribution is 2.33. The van der Waals surface area contributed by atoms with Crippen molar-refractivity contribution < 1.29 is 0 Å². The van der Waals surface area contributed by atoms with Gasteiger partial charge in [-0.25, -0.2) is 0 Å². The van der Waals surface area contributed by atoms with Crippen LogP contribution in [0.5, 0.6) is 0 Å². The van der Waals surface area contributed by atoms with Gasteiger partial charge in [0.2, 0.25) is 0 Å². The van der Waals surface area contributed by atoms with E-state index in [1.165, 1.54) is 48.8 Å². The van der Waals surface area contributed by atoms with Crippen molar-refractivity contribution in [3.05, 3.63) is 34.9 Å². The average Bonchev–Trinajstić information content (AvgIpc) is 2.41. The number of rotatable bonds is 9. The quantitative estimate of drug-likeness (QED) is 0.665. The van der Waals surface area contributed by atoms with Crippen LogP contribution in [0.25, 0.3) is 0 Å². The molecular formula is C19H33N. The second-order valence-electron chi connectivity index (χ2n) is 6.41. The first-order valence-electron chi connectivity index (χ1n) is 8.33. The molecule has 0 aliphatic heterocycles. The van der Waals surface area contributed by atoms with Gasteiger partial charge in [0.1, 0.15) is 0 Å². The van der Waals surface area contributed by atoms with Gasteiger partial charge in [-0.3, -0.25) is 0 Å². The highest BCUT2D eigenvalue weighted by atomic mass is 14.9. The highest BCUT2D eigenvalue weighted by Gasteiger charge is 2.27. The summed E-state index contributed by atoms with van der Waals surface area (Å²) in [6.07, 6.45) is 6.43. The third kappa shape index (κ3) is 5.28. The molecule has 0 saturated carbocycles. The van der Waals surface area contributed by atoms with Gasteiger partial charge < -0.3 is 5.32 Å². The van der Waals surface area contributed by atoms with Crippen molar-refractivity contribution in [1.82, 2.24) is 5.32 Å².